The number of nitrogens with zero attached hydrogens (tertiary/aromatic N) is 2. The molecule has 0 aromatic heterocycles. The van der Waals surface area contributed by atoms with Crippen LogP contribution in [0.15, 0.2) is 0 Å². The average Bonchev–Trinajstić information content (AvgIpc) is 2.51. The van der Waals surface area contributed by atoms with Crippen LogP contribution in [0, 0.1) is 5.92 Å². The highest BCUT2D eigenvalue weighted by molar-refractivity contribution is 4.85. The molecule has 1 heterocycles. The maximum Gasteiger partial charge on any atom is 0.0446 e. The van der Waals surface area contributed by atoms with Gasteiger partial charge in [-0.2, -0.15) is 0 Å². The summed E-state index contributed by atoms with van der Waals surface area (Å²) in [5.41, 5.74) is 0. The van der Waals surface area contributed by atoms with Crippen molar-refractivity contribution in [3.63, 3.8) is 0 Å². The van der Waals surface area contributed by atoms with Crippen molar-refractivity contribution >= 4 is 0 Å². The molecule has 0 aromatic carbocycles. The quantitative estimate of drug-likeness (QED) is 0.834. The summed E-state index contributed by atoms with van der Waals surface area (Å²) in [7, 11) is 2.22. The highest BCUT2D eigenvalue weighted by Gasteiger charge is 2.30. The minimum Gasteiger partial charge on any atom is -0.396 e. The van der Waals surface area contributed by atoms with Crippen molar-refractivity contribution in [2.75, 3.05) is 33.3 Å². The van der Waals surface area contributed by atoms with Gasteiger partial charge in [-0.25, -0.2) is 0 Å². The molecular formula is C15H30N2O. The largest absolute Gasteiger partial charge is 0.396 e. The second kappa shape index (κ2) is 6.88. The summed E-state index contributed by atoms with van der Waals surface area (Å²) in [5.74, 6) is 0.751. The smallest absolute Gasteiger partial charge is 0.0446 e. The summed E-state index contributed by atoms with van der Waals surface area (Å²) >= 11 is 0. The molecule has 2 atom stereocenters. The Hall–Kier alpha value is -0.120. The number of hydrogen-bond acceptors (Lipinski definition) is 3. The van der Waals surface area contributed by atoms with E-state index in [-0.39, 0.29) is 0 Å². The van der Waals surface area contributed by atoms with Gasteiger partial charge in [0.1, 0.15) is 0 Å². The molecule has 3 nitrogen and oxygen atoms in total. The van der Waals surface area contributed by atoms with Crippen LogP contribution in [-0.4, -0.2) is 60.3 Å². The van der Waals surface area contributed by atoms with Crippen LogP contribution in [0.1, 0.15) is 45.4 Å². The van der Waals surface area contributed by atoms with Crippen molar-refractivity contribution in [3.05, 3.63) is 0 Å². The summed E-state index contributed by atoms with van der Waals surface area (Å²) in [4.78, 5) is 5.19. The van der Waals surface area contributed by atoms with Crippen molar-refractivity contribution in [2.45, 2.75) is 57.5 Å². The van der Waals surface area contributed by atoms with Gasteiger partial charge in [0.05, 0.1) is 0 Å². The zero-order valence-corrected chi connectivity index (χ0v) is 12.1. The molecule has 2 unspecified atom stereocenters. The van der Waals surface area contributed by atoms with Gasteiger partial charge in [-0.05, 0) is 32.2 Å². The molecular weight excluding hydrogens is 224 g/mol. The van der Waals surface area contributed by atoms with E-state index in [0.29, 0.717) is 12.6 Å². The molecule has 106 valence electrons. The van der Waals surface area contributed by atoms with E-state index >= 15 is 0 Å². The lowest BCUT2D eigenvalue weighted by Gasteiger charge is -2.36. The fourth-order valence-electron chi connectivity index (χ4n) is 3.79. The minimum absolute atomic E-state index is 0.321. The zero-order valence-electron chi connectivity index (χ0n) is 12.1. The van der Waals surface area contributed by atoms with Crippen molar-refractivity contribution < 1.29 is 5.11 Å². The molecule has 3 heteroatoms. The Morgan fingerprint density at radius 1 is 1.06 bits per heavy atom. The van der Waals surface area contributed by atoms with Gasteiger partial charge in [-0.1, -0.05) is 26.2 Å². The first-order chi connectivity index (χ1) is 8.70. The Bertz CT molecular complexity index is 241. The predicted molar refractivity (Wildman–Crippen MR) is 75.7 cm³/mol. The van der Waals surface area contributed by atoms with E-state index < -0.39 is 0 Å². The van der Waals surface area contributed by atoms with Crippen LogP contribution in [-0.2, 0) is 0 Å². The van der Waals surface area contributed by atoms with Crippen LogP contribution in [0.5, 0.6) is 0 Å². The van der Waals surface area contributed by atoms with Crippen LogP contribution in [0.3, 0.4) is 0 Å². The monoisotopic (exact) mass is 254 g/mol. The molecule has 2 aliphatic rings. The first-order valence-corrected chi connectivity index (χ1v) is 7.76. The maximum atomic E-state index is 9.25. The van der Waals surface area contributed by atoms with Crippen LogP contribution < -0.4 is 0 Å². The Morgan fingerprint density at radius 3 is 2.44 bits per heavy atom. The lowest BCUT2D eigenvalue weighted by Crippen LogP contribution is -2.44. The van der Waals surface area contributed by atoms with Crippen LogP contribution in [0.4, 0.5) is 0 Å². The Morgan fingerprint density at radius 2 is 1.78 bits per heavy atom. The van der Waals surface area contributed by atoms with E-state index in [2.05, 4.69) is 23.8 Å². The van der Waals surface area contributed by atoms with Gasteiger partial charge in [-0.15, -0.1) is 0 Å². The van der Waals surface area contributed by atoms with E-state index in [1.807, 2.05) is 0 Å². The van der Waals surface area contributed by atoms with Gasteiger partial charge >= 0.3 is 0 Å². The van der Waals surface area contributed by atoms with Gasteiger partial charge in [0.2, 0.25) is 0 Å². The second-order valence-electron chi connectivity index (χ2n) is 6.46. The highest BCUT2D eigenvalue weighted by Crippen LogP contribution is 2.26. The van der Waals surface area contributed by atoms with E-state index in [9.17, 15) is 5.11 Å². The van der Waals surface area contributed by atoms with Crippen molar-refractivity contribution in [1.29, 1.82) is 0 Å². The number of rotatable bonds is 3. The molecule has 2 fully saturated rings. The molecule has 0 radical (unpaired) electrons. The lowest BCUT2D eigenvalue weighted by atomic mass is 9.93. The fourth-order valence-corrected chi connectivity index (χ4v) is 3.79. The van der Waals surface area contributed by atoms with Gasteiger partial charge in [0.25, 0.3) is 0 Å². The van der Waals surface area contributed by atoms with Gasteiger partial charge in [-0.3, -0.25) is 4.90 Å². The van der Waals surface area contributed by atoms with E-state index in [1.54, 1.807) is 0 Å². The van der Waals surface area contributed by atoms with E-state index in [4.69, 9.17) is 0 Å². The molecule has 1 saturated carbocycles. The average molecular weight is 254 g/mol. The van der Waals surface area contributed by atoms with Crippen molar-refractivity contribution in [2.24, 2.45) is 5.92 Å². The normalized spacial score (nSPS) is 33.5. The van der Waals surface area contributed by atoms with E-state index in [0.717, 1.165) is 24.9 Å². The third-order valence-corrected chi connectivity index (χ3v) is 4.77. The number of aliphatic hydroxyl groups is 1. The van der Waals surface area contributed by atoms with Crippen molar-refractivity contribution in [1.82, 2.24) is 9.80 Å². The number of aliphatic hydroxyl groups excluding tert-OH is 1. The fraction of sp³-hybridized carbons (Fsp3) is 1.00. The Balaban J connectivity index is 1.99. The minimum atomic E-state index is 0.321. The summed E-state index contributed by atoms with van der Waals surface area (Å²) in [6, 6.07) is 1.36. The van der Waals surface area contributed by atoms with Gasteiger partial charge < -0.3 is 10.0 Å². The Labute approximate surface area is 112 Å². The van der Waals surface area contributed by atoms with Gasteiger partial charge in [0.15, 0.2) is 0 Å². The SMILES string of the molecule is CC1CN(C)C(CCO)CN(C2CCCCC2)C1. The third-order valence-electron chi connectivity index (χ3n) is 4.77. The third kappa shape index (κ3) is 3.69. The van der Waals surface area contributed by atoms with Crippen LogP contribution >= 0.6 is 0 Å². The first kappa shape index (κ1) is 14.3. The molecule has 0 aromatic rings. The predicted octanol–water partition coefficient (Wildman–Crippen LogP) is 1.95. The molecule has 2 rings (SSSR count). The van der Waals surface area contributed by atoms with Crippen LogP contribution in [0.2, 0.25) is 0 Å². The standard InChI is InChI=1S/C15H30N2O/c1-13-10-16(2)15(8-9-18)12-17(11-13)14-6-4-3-5-7-14/h13-15,18H,3-12H2,1-2H3. The molecule has 0 bridgehead atoms. The summed E-state index contributed by atoms with van der Waals surface area (Å²) in [6.07, 6.45) is 7.96. The summed E-state index contributed by atoms with van der Waals surface area (Å²) in [5, 5.41) is 9.25. The molecule has 1 aliphatic heterocycles. The van der Waals surface area contributed by atoms with E-state index in [1.165, 1.54) is 45.2 Å². The Kier molecular flexibility index (Phi) is 5.46. The van der Waals surface area contributed by atoms with Crippen LogP contribution in [0.25, 0.3) is 0 Å². The molecule has 1 aliphatic carbocycles. The van der Waals surface area contributed by atoms with Crippen molar-refractivity contribution in [3.8, 4) is 0 Å². The lowest BCUT2D eigenvalue weighted by molar-refractivity contribution is 0.120. The molecule has 18 heavy (non-hydrogen) atoms. The maximum absolute atomic E-state index is 9.25. The zero-order chi connectivity index (χ0) is 13.0. The van der Waals surface area contributed by atoms with Gasteiger partial charge in [0, 0.05) is 38.3 Å². The molecule has 0 amide bonds. The molecule has 1 N–H and O–H groups in total. The first-order valence-electron chi connectivity index (χ1n) is 7.76. The number of hydrogen-bond donors (Lipinski definition) is 1. The highest BCUT2D eigenvalue weighted by atomic mass is 16.3. The number of likely N-dealkylation sites (N-methyl/N-ethyl adjacent to an activating group) is 1. The molecule has 1 saturated heterocycles. The second-order valence-corrected chi connectivity index (χ2v) is 6.46. The molecule has 0 spiro atoms. The summed E-state index contributed by atoms with van der Waals surface area (Å²) < 4.78 is 0. The topological polar surface area (TPSA) is 26.7 Å². The summed E-state index contributed by atoms with van der Waals surface area (Å²) in [6.45, 7) is 6.27.